The van der Waals surface area contributed by atoms with Crippen LogP contribution < -0.4 is 25.3 Å². The largest absolute Gasteiger partial charge is 0.493 e. The van der Waals surface area contributed by atoms with Gasteiger partial charge in [0.05, 0.1) is 27.0 Å². The maximum Gasteiger partial charge on any atom is 0.203 e. The molecule has 0 radical (unpaired) electrons. The second-order valence-electron chi connectivity index (χ2n) is 6.32. The number of nitrogens with zero attached hydrogens (tertiary/aromatic N) is 2. The van der Waals surface area contributed by atoms with Crippen molar-refractivity contribution in [2.45, 2.75) is 0 Å². The van der Waals surface area contributed by atoms with Crippen molar-refractivity contribution >= 4 is 50.9 Å². The van der Waals surface area contributed by atoms with Crippen LogP contribution in [0.15, 0.2) is 41.8 Å². The highest BCUT2D eigenvalue weighted by Crippen LogP contribution is 2.43. The third kappa shape index (κ3) is 4.39. The summed E-state index contributed by atoms with van der Waals surface area (Å²) in [5, 5.41) is 7.37. The summed E-state index contributed by atoms with van der Waals surface area (Å²) in [6.45, 7) is 0. The quantitative estimate of drug-likeness (QED) is 0.342. The standard InChI is InChI=1S/C21H19ClN4O3S2/c1-27-15-8-13(9-16(28-2)17(15)29-3)24-21-26-19(23)18(31-21)20-25-14(10-30-20)11-4-6-12(22)7-5-11/h4-10H,23H2,1-3H3,(H,24,26). The van der Waals surface area contributed by atoms with Crippen LogP contribution in [0.4, 0.5) is 16.6 Å². The second-order valence-corrected chi connectivity index (χ2v) is 8.61. The molecule has 10 heteroatoms. The van der Waals surface area contributed by atoms with Gasteiger partial charge < -0.3 is 25.3 Å². The minimum absolute atomic E-state index is 0.414. The highest BCUT2D eigenvalue weighted by atomic mass is 35.5. The van der Waals surface area contributed by atoms with E-state index in [-0.39, 0.29) is 0 Å². The molecule has 0 bridgehead atoms. The predicted octanol–water partition coefficient (Wildman–Crippen LogP) is 5.94. The minimum atomic E-state index is 0.414. The highest BCUT2D eigenvalue weighted by Gasteiger charge is 2.17. The van der Waals surface area contributed by atoms with Crippen molar-refractivity contribution in [3.8, 4) is 38.4 Å². The fourth-order valence-corrected chi connectivity index (χ4v) is 4.91. The Kier molecular flexibility index (Phi) is 6.17. The summed E-state index contributed by atoms with van der Waals surface area (Å²) < 4.78 is 16.2. The summed E-state index contributed by atoms with van der Waals surface area (Å²) in [5.74, 6) is 2.02. The first kappa shape index (κ1) is 21.2. The van der Waals surface area contributed by atoms with Crippen molar-refractivity contribution in [1.82, 2.24) is 9.97 Å². The van der Waals surface area contributed by atoms with Crippen molar-refractivity contribution in [1.29, 1.82) is 0 Å². The molecule has 160 valence electrons. The van der Waals surface area contributed by atoms with E-state index in [0.717, 1.165) is 26.8 Å². The predicted molar refractivity (Wildman–Crippen MR) is 127 cm³/mol. The fraction of sp³-hybridized carbons (Fsp3) is 0.143. The normalized spacial score (nSPS) is 10.7. The van der Waals surface area contributed by atoms with Crippen LogP contribution in [0.2, 0.25) is 5.02 Å². The SMILES string of the molecule is COc1cc(Nc2nc(N)c(-c3nc(-c4ccc(Cl)cc4)cs3)s2)cc(OC)c1OC. The summed E-state index contributed by atoms with van der Waals surface area (Å²) in [7, 11) is 4.70. The molecule has 0 aliphatic rings. The van der Waals surface area contributed by atoms with Gasteiger partial charge in [0.15, 0.2) is 16.6 Å². The molecular formula is C21H19ClN4O3S2. The van der Waals surface area contributed by atoms with Crippen LogP contribution >= 0.6 is 34.3 Å². The number of benzene rings is 2. The van der Waals surface area contributed by atoms with E-state index in [1.807, 2.05) is 29.6 Å². The summed E-state index contributed by atoms with van der Waals surface area (Å²) in [4.78, 5) is 9.98. The van der Waals surface area contributed by atoms with Gasteiger partial charge in [0.2, 0.25) is 5.75 Å². The molecule has 3 N–H and O–H groups in total. The lowest BCUT2D eigenvalue weighted by Gasteiger charge is -2.14. The monoisotopic (exact) mass is 474 g/mol. The second kappa shape index (κ2) is 9.01. The van der Waals surface area contributed by atoms with E-state index in [4.69, 9.17) is 36.5 Å². The molecule has 0 saturated carbocycles. The van der Waals surface area contributed by atoms with E-state index >= 15 is 0 Å². The van der Waals surface area contributed by atoms with Gasteiger partial charge in [-0.1, -0.05) is 35.1 Å². The molecule has 0 spiro atoms. The summed E-state index contributed by atoms with van der Waals surface area (Å²) in [5.41, 5.74) is 8.78. The molecule has 0 unspecified atom stereocenters. The van der Waals surface area contributed by atoms with E-state index in [2.05, 4.69) is 10.3 Å². The molecule has 31 heavy (non-hydrogen) atoms. The Balaban J connectivity index is 1.61. The van der Waals surface area contributed by atoms with Gasteiger partial charge in [-0.3, -0.25) is 0 Å². The lowest BCUT2D eigenvalue weighted by atomic mass is 10.2. The number of ether oxygens (including phenoxy) is 3. The minimum Gasteiger partial charge on any atom is -0.493 e. The Labute approximate surface area is 192 Å². The van der Waals surface area contributed by atoms with Gasteiger partial charge in [-0.15, -0.1) is 11.3 Å². The van der Waals surface area contributed by atoms with E-state index in [1.165, 1.54) is 22.7 Å². The maximum absolute atomic E-state index is 6.19. The number of hydrogen-bond acceptors (Lipinski definition) is 9. The third-order valence-corrected chi connectivity index (χ3v) is 6.64. The fourth-order valence-electron chi connectivity index (χ4n) is 2.95. The van der Waals surface area contributed by atoms with Crippen LogP contribution in [0.5, 0.6) is 17.2 Å². The molecule has 2 heterocycles. The van der Waals surface area contributed by atoms with Crippen LogP contribution in [-0.4, -0.2) is 31.3 Å². The topological polar surface area (TPSA) is 91.5 Å². The lowest BCUT2D eigenvalue weighted by molar-refractivity contribution is 0.324. The number of aromatic nitrogens is 2. The van der Waals surface area contributed by atoms with E-state index in [0.29, 0.717) is 33.2 Å². The Bertz CT molecular complexity index is 1180. The van der Waals surface area contributed by atoms with E-state index in [9.17, 15) is 0 Å². The summed E-state index contributed by atoms with van der Waals surface area (Å²) in [6, 6.07) is 11.2. The van der Waals surface area contributed by atoms with Crippen molar-refractivity contribution in [2.24, 2.45) is 0 Å². The van der Waals surface area contributed by atoms with E-state index in [1.54, 1.807) is 33.5 Å². The van der Waals surface area contributed by atoms with Crippen molar-refractivity contribution in [3.63, 3.8) is 0 Å². The molecular weight excluding hydrogens is 456 g/mol. The molecule has 4 aromatic rings. The number of nitrogens with two attached hydrogens (primary N) is 1. The van der Waals surface area contributed by atoms with Crippen LogP contribution in [0, 0.1) is 0 Å². The van der Waals surface area contributed by atoms with Crippen molar-refractivity contribution in [3.05, 3.63) is 46.8 Å². The first-order chi connectivity index (χ1) is 15.0. The zero-order valence-electron chi connectivity index (χ0n) is 16.9. The van der Waals surface area contributed by atoms with E-state index < -0.39 is 0 Å². The molecule has 0 saturated heterocycles. The molecule has 0 amide bonds. The van der Waals surface area contributed by atoms with Crippen LogP contribution in [0.1, 0.15) is 0 Å². The molecule has 2 aromatic carbocycles. The van der Waals surface area contributed by atoms with Gasteiger partial charge >= 0.3 is 0 Å². The number of thiazole rings is 2. The highest BCUT2D eigenvalue weighted by molar-refractivity contribution is 7.23. The van der Waals surface area contributed by atoms with Gasteiger partial charge in [0.1, 0.15) is 15.7 Å². The molecule has 4 rings (SSSR count). The van der Waals surface area contributed by atoms with Gasteiger partial charge in [-0.25, -0.2) is 9.97 Å². The Morgan fingerprint density at radius 1 is 0.968 bits per heavy atom. The number of anilines is 3. The maximum atomic E-state index is 6.19. The third-order valence-electron chi connectivity index (χ3n) is 4.41. The number of hydrogen-bond donors (Lipinski definition) is 2. The summed E-state index contributed by atoms with van der Waals surface area (Å²) in [6.07, 6.45) is 0. The molecule has 7 nitrogen and oxygen atoms in total. The molecule has 0 atom stereocenters. The number of rotatable bonds is 7. The van der Waals surface area contributed by atoms with Gasteiger partial charge in [-0.05, 0) is 12.1 Å². The van der Waals surface area contributed by atoms with Crippen LogP contribution in [-0.2, 0) is 0 Å². The van der Waals surface area contributed by atoms with Crippen LogP contribution in [0.25, 0.3) is 21.1 Å². The first-order valence-electron chi connectivity index (χ1n) is 9.07. The van der Waals surface area contributed by atoms with Gasteiger partial charge in [-0.2, -0.15) is 0 Å². The molecule has 2 aromatic heterocycles. The van der Waals surface area contributed by atoms with Crippen molar-refractivity contribution < 1.29 is 14.2 Å². The average molecular weight is 475 g/mol. The number of nitrogen functional groups attached to an aromatic ring is 1. The molecule has 0 aliphatic carbocycles. The number of nitrogens with one attached hydrogen (secondary N) is 1. The Morgan fingerprint density at radius 2 is 1.65 bits per heavy atom. The lowest BCUT2D eigenvalue weighted by Crippen LogP contribution is -1.97. The number of halogens is 1. The average Bonchev–Trinajstić information content (AvgIpc) is 3.40. The van der Waals surface area contributed by atoms with Crippen molar-refractivity contribution in [2.75, 3.05) is 32.4 Å². The number of methoxy groups -OCH3 is 3. The van der Waals surface area contributed by atoms with Gasteiger partial charge in [0, 0.05) is 33.8 Å². The summed E-state index contributed by atoms with van der Waals surface area (Å²) >= 11 is 8.91. The zero-order chi connectivity index (χ0) is 22.0. The Hall–Kier alpha value is -3.01. The van der Waals surface area contributed by atoms with Gasteiger partial charge in [0.25, 0.3) is 0 Å². The Morgan fingerprint density at radius 3 is 2.26 bits per heavy atom. The molecule has 0 aliphatic heterocycles. The molecule has 0 fully saturated rings. The smallest absolute Gasteiger partial charge is 0.203 e. The first-order valence-corrected chi connectivity index (χ1v) is 11.1. The zero-order valence-corrected chi connectivity index (χ0v) is 19.3. The van der Waals surface area contributed by atoms with Crippen LogP contribution in [0.3, 0.4) is 0 Å².